The van der Waals surface area contributed by atoms with Crippen molar-refractivity contribution < 1.29 is 17.9 Å². The van der Waals surface area contributed by atoms with Crippen LogP contribution >= 0.6 is 0 Å². The molecule has 2 aromatic rings. The predicted octanol–water partition coefficient (Wildman–Crippen LogP) is 4.31. The Hall–Kier alpha value is -1.98. The number of nitrogens with one attached hydrogen (secondary N) is 1. The first kappa shape index (κ1) is 15.1. The van der Waals surface area contributed by atoms with Crippen LogP contribution in [0.2, 0.25) is 0 Å². The van der Waals surface area contributed by atoms with E-state index < -0.39 is 6.36 Å². The minimum atomic E-state index is -4.70. The van der Waals surface area contributed by atoms with Gasteiger partial charge in [0.25, 0.3) is 0 Å². The fourth-order valence-corrected chi connectivity index (χ4v) is 1.51. The molecule has 0 aliphatic carbocycles. The molecule has 0 bridgehead atoms. The molecule has 0 aliphatic rings. The van der Waals surface area contributed by atoms with Crippen molar-refractivity contribution >= 4 is 0 Å². The van der Waals surface area contributed by atoms with E-state index in [1.807, 2.05) is 13.8 Å². The molecule has 1 N–H and O–H groups in total. The summed E-state index contributed by atoms with van der Waals surface area (Å²) < 4.78 is 40.6. The number of rotatable bonds is 2. The SMILES string of the molecule is CC.Cc1cn[nH]c1-c1ccccc1OC(F)(F)F. The van der Waals surface area contributed by atoms with E-state index in [2.05, 4.69) is 14.9 Å². The number of aromatic amines is 1. The summed E-state index contributed by atoms with van der Waals surface area (Å²) in [5.41, 5.74) is 1.60. The Balaban J connectivity index is 0.000000861. The number of aromatic nitrogens is 2. The molecular formula is C13H15F3N2O. The van der Waals surface area contributed by atoms with Crippen LogP contribution in [0.1, 0.15) is 19.4 Å². The molecule has 0 amide bonds. The second-order valence-corrected chi connectivity index (χ2v) is 3.47. The first-order chi connectivity index (χ1) is 8.97. The first-order valence-corrected chi connectivity index (χ1v) is 5.82. The molecule has 104 valence electrons. The van der Waals surface area contributed by atoms with E-state index in [-0.39, 0.29) is 5.75 Å². The molecule has 1 heterocycles. The molecule has 3 nitrogen and oxygen atoms in total. The highest BCUT2D eigenvalue weighted by Crippen LogP contribution is 2.33. The summed E-state index contributed by atoms with van der Waals surface area (Å²) in [6, 6.07) is 5.93. The number of benzene rings is 1. The molecule has 0 atom stereocenters. The van der Waals surface area contributed by atoms with Gasteiger partial charge in [0.1, 0.15) is 5.75 Å². The lowest BCUT2D eigenvalue weighted by Gasteiger charge is -2.12. The number of hydrogen-bond donors (Lipinski definition) is 1. The van der Waals surface area contributed by atoms with Gasteiger partial charge in [-0.1, -0.05) is 26.0 Å². The molecule has 0 saturated carbocycles. The van der Waals surface area contributed by atoms with Crippen LogP contribution in [0.5, 0.6) is 5.75 Å². The molecule has 0 radical (unpaired) electrons. The molecule has 0 unspecified atom stereocenters. The van der Waals surface area contributed by atoms with Gasteiger partial charge >= 0.3 is 6.36 Å². The monoisotopic (exact) mass is 272 g/mol. The van der Waals surface area contributed by atoms with Crippen LogP contribution in [0.25, 0.3) is 11.3 Å². The topological polar surface area (TPSA) is 37.9 Å². The highest BCUT2D eigenvalue weighted by atomic mass is 19.4. The van der Waals surface area contributed by atoms with Gasteiger partial charge in [0.15, 0.2) is 0 Å². The second-order valence-electron chi connectivity index (χ2n) is 3.47. The first-order valence-electron chi connectivity index (χ1n) is 5.82. The summed E-state index contributed by atoms with van der Waals surface area (Å²) in [5.74, 6) is -0.243. The van der Waals surface area contributed by atoms with Crippen LogP contribution < -0.4 is 4.74 Å². The fraction of sp³-hybridized carbons (Fsp3) is 0.308. The average molecular weight is 272 g/mol. The zero-order chi connectivity index (χ0) is 14.5. The minimum Gasteiger partial charge on any atom is -0.405 e. The van der Waals surface area contributed by atoms with Gasteiger partial charge in [-0.25, -0.2) is 0 Å². The molecule has 0 spiro atoms. The number of alkyl halides is 3. The van der Waals surface area contributed by atoms with E-state index in [4.69, 9.17) is 0 Å². The van der Waals surface area contributed by atoms with Crippen LogP contribution in [-0.2, 0) is 0 Å². The van der Waals surface area contributed by atoms with Crippen LogP contribution in [0, 0.1) is 6.92 Å². The number of para-hydroxylation sites is 1. The normalized spacial score (nSPS) is 10.6. The number of nitrogens with zero attached hydrogens (tertiary/aromatic N) is 1. The van der Waals surface area contributed by atoms with Gasteiger partial charge in [0.05, 0.1) is 11.9 Å². The third-order valence-corrected chi connectivity index (χ3v) is 2.21. The quantitative estimate of drug-likeness (QED) is 0.884. The van der Waals surface area contributed by atoms with Crippen molar-refractivity contribution in [2.45, 2.75) is 27.1 Å². The fourth-order valence-electron chi connectivity index (χ4n) is 1.51. The zero-order valence-corrected chi connectivity index (χ0v) is 10.9. The van der Waals surface area contributed by atoms with Crippen LogP contribution in [-0.4, -0.2) is 16.6 Å². The lowest BCUT2D eigenvalue weighted by molar-refractivity contribution is -0.274. The van der Waals surface area contributed by atoms with Gasteiger partial charge < -0.3 is 4.74 Å². The Bertz CT molecular complexity index is 521. The summed E-state index contributed by atoms with van der Waals surface area (Å²) in [6.07, 6.45) is -3.16. The Morgan fingerprint density at radius 1 is 1.16 bits per heavy atom. The van der Waals surface area contributed by atoms with E-state index in [9.17, 15) is 13.2 Å². The molecule has 19 heavy (non-hydrogen) atoms. The summed E-state index contributed by atoms with van der Waals surface area (Å²) in [7, 11) is 0. The van der Waals surface area contributed by atoms with E-state index >= 15 is 0 Å². The Morgan fingerprint density at radius 3 is 2.32 bits per heavy atom. The van der Waals surface area contributed by atoms with Gasteiger partial charge in [-0.05, 0) is 24.6 Å². The molecule has 1 aromatic carbocycles. The third kappa shape index (κ3) is 4.01. The van der Waals surface area contributed by atoms with E-state index in [1.165, 1.54) is 12.1 Å². The van der Waals surface area contributed by atoms with Crippen LogP contribution in [0.3, 0.4) is 0 Å². The lowest BCUT2D eigenvalue weighted by Crippen LogP contribution is -2.17. The van der Waals surface area contributed by atoms with Gasteiger partial charge in [-0.3, -0.25) is 5.10 Å². The molecule has 6 heteroatoms. The lowest BCUT2D eigenvalue weighted by atomic mass is 10.1. The van der Waals surface area contributed by atoms with Gasteiger partial charge in [-0.2, -0.15) is 5.10 Å². The predicted molar refractivity (Wildman–Crippen MR) is 66.8 cm³/mol. The average Bonchev–Trinajstić information content (AvgIpc) is 2.77. The van der Waals surface area contributed by atoms with Crippen molar-refractivity contribution in [2.75, 3.05) is 0 Å². The van der Waals surface area contributed by atoms with Crippen molar-refractivity contribution in [1.29, 1.82) is 0 Å². The van der Waals surface area contributed by atoms with Crippen LogP contribution in [0.15, 0.2) is 30.5 Å². The second kappa shape index (κ2) is 6.26. The molecular weight excluding hydrogens is 257 g/mol. The number of H-pyrrole nitrogens is 1. The van der Waals surface area contributed by atoms with E-state index in [0.29, 0.717) is 11.3 Å². The molecule has 0 saturated heterocycles. The molecule has 1 aromatic heterocycles. The minimum absolute atomic E-state index is 0.243. The summed E-state index contributed by atoms with van der Waals surface area (Å²) >= 11 is 0. The zero-order valence-electron chi connectivity index (χ0n) is 10.9. The van der Waals surface area contributed by atoms with E-state index in [1.54, 1.807) is 25.3 Å². The maximum absolute atomic E-state index is 12.2. The molecule has 0 aliphatic heterocycles. The highest BCUT2D eigenvalue weighted by molar-refractivity contribution is 5.69. The third-order valence-electron chi connectivity index (χ3n) is 2.21. The summed E-state index contributed by atoms with van der Waals surface area (Å²) in [5, 5.41) is 6.42. The van der Waals surface area contributed by atoms with Gasteiger partial charge in [0, 0.05) is 5.56 Å². The maximum Gasteiger partial charge on any atom is 0.573 e. The smallest absolute Gasteiger partial charge is 0.405 e. The van der Waals surface area contributed by atoms with Crippen molar-refractivity contribution in [1.82, 2.24) is 10.2 Å². The Kier molecular flexibility index (Phi) is 4.97. The van der Waals surface area contributed by atoms with E-state index in [0.717, 1.165) is 5.56 Å². The molecule has 0 fully saturated rings. The summed E-state index contributed by atoms with van der Waals surface area (Å²) in [6.45, 7) is 5.75. The molecule has 2 rings (SSSR count). The van der Waals surface area contributed by atoms with Gasteiger partial charge in [0.2, 0.25) is 0 Å². The Morgan fingerprint density at radius 2 is 1.79 bits per heavy atom. The van der Waals surface area contributed by atoms with Crippen molar-refractivity contribution in [3.8, 4) is 17.0 Å². The number of hydrogen-bond acceptors (Lipinski definition) is 2. The largest absolute Gasteiger partial charge is 0.573 e. The van der Waals surface area contributed by atoms with Gasteiger partial charge in [-0.15, -0.1) is 13.2 Å². The Labute approximate surface area is 109 Å². The number of ether oxygens (including phenoxy) is 1. The summed E-state index contributed by atoms with van der Waals surface area (Å²) in [4.78, 5) is 0. The number of aryl methyl sites for hydroxylation is 1. The number of halogens is 3. The maximum atomic E-state index is 12.2. The van der Waals surface area contributed by atoms with Crippen LogP contribution in [0.4, 0.5) is 13.2 Å². The van der Waals surface area contributed by atoms with Crippen molar-refractivity contribution in [3.63, 3.8) is 0 Å². The van der Waals surface area contributed by atoms with Crippen molar-refractivity contribution in [3.05, 3.63) is 36.0 Å². The van der Waals surface area contributed by atoms with Crippen molar-refractivity contribution in [2.24, 2.45) is 0 Å². The standard InChI is InChI=1S/C11H9F3N2O.C2H6/c1-7-6-15-16-10(7)8-4-2-3-5-9(8)17-11(12,13)14;1-2/h2-6H,1H3,(H,15,16);1-2H3. The highest BCUT2D eigenvalue weighted by Gasteiger charge is 2.32.